The summed E-state index contributed by atoms with van der Waals surface area (Å²) in [6.07, 6.45) is 2.36. The van der Waals surface area contributed by atoms with Gasteiger partial charge in [0.25, 0.3) is 0 Å². The number of rotatable bonds is 12. The first-order valence-electron chi connectivity index (χ1n) is 18.0. The molecule has 0 saturated heterocycles. The van der Waals surface area contributed by atoms with Crippen LogP contribution in [-0.2, 0) is 43.2 Å². The fourth-order valence-corrected chi connectivity index (χ4v) is 6.44. The molecule has 2 aromatic rings. The van der Waals surface area contributed by atoms with Gasteiger partial charge in [-0.1, -0.05) is 51.1 Å². The fourth-order valence-electron chi connectivity index (χ4n) is 6.44. The second-order valence-electron chi connectivity index (χ2n) is 15.6. The molecule has 280 valence electrons. The van der Waals surface area contributed by atoms with Crippen LogP contribution in [0.2, 0.25) is 0 Å². The van der Waals surface area contributed by atoms with E-state index in [2.05, 4.69) is 22.8 Å². The van der Waals surface area contributed by atoms with E-state index in [0.717, 1.165) is 36.0 Å². The molecule has 2 unspecified atom stereocenters. The van der Waals surface area contributed by atoms with E-state index in [0.29, 0.717) is 38.5 Å². The summed E-state index contributed by atoms with van der Waals surface area (Å²) in [6, 6.07) is 10.9. The monoisotopic (exact) mass is 707 g/mol. The minimum atomic E-state index is -1.01. The van der Waals surface area contributed by atoms with Crippen LogP contribution >= 0.6 is 0 Å². The van der Waals surface area contributed by atoms with Crippen LogP contribution in [0.5, 0.6) is 5.75 Å². The van der Waals surface area contributed by atoms with Crippen LogP contribution < -0.4 is 21.1 Å². The number of ether oxygens (including phenoxy) is 3. The number of carbonyl (C=O) groups excluding carboxylic acids is 4. The molecule has 4 N–H and O–H groups in total. The van der Waals surface area contributed by atoms with Crippen molar-refractivity contribution in [1.82, 2.24) is 20.4 Å². The van der Waals surface area contributed by atoms with Crippen molar-refractivity contribution in [2.24, 2.45) is 11.1 Å². The van der Waals surface area contributed by atoms with Gasteiger partial charge in [-0.25, -0.2) is 4.79 Å². The molecule has 1 aliphatic carbocycles. The van der Waals surface area contributed by atoms with Gasteiger partial charge in [-0.2, -0.15) is 0 Å². The highest BCUT2D eigenvalue weighted by Crippen LogP contribution is 2.33. The maximum Gasteiger partial charge on any atom is 0.410 e. The number of hydrogen-bond donors (Lipinski definition) is 3. The SMILES string of the molecule is CC(C(=O)NC(C(=O)N1Cc2cc(OCCOCCN)ccc2C[C@H]1C(=O)N[C@@H]1CCCc2ccccc21)C(C)(C)C)N(C)C(=O)OC(C)(C)C. The summed E-state index contributed by atoms with van der Waals surface area (Å²) in [5.74, 6) is -0.523. The highest BCUT2D eigenvalue weighted by Gasteiger charge is 2.43. The molecule has 1 aliphatic heterocycles. The summed E-state index contributed by atoms with van der Waals surface area (Å²) in [7, 11) is 1.49. The lowest BCUT2D eigenvalue weighted by atomic mass is 9.83. The molecule has 4 amide bonds. The Bertz CT molecular complexity index is 1550. The van der Waals surface area contributed by atoms with Crippen molar-refractivity contribution in [2.75, 3.05) is 33.4 Å². The van der Waals surface area contributed by atoms with E-state index in [-0.39, 0.29) is 24.4 Å². The Balaban J connectivity index is 1.61. The van der Waals surface area contributed by atoms with E-state index in [9.17, 15) is 19.2 Å². The molecule has 0 radical (unpaired) electrons. The number of aryl methyl sites for hydroxylation is 1. The van der Waals surface area contributed by atoms with Crippen LogP contribution in [-0.4, -0.2) is 90.8 Å². The summed E-state index contributed by atoms with van der Waals surface area (Å²) in [5, 5.41) is 6.20. The molecule has 12 heteroatoms. The molecule has 0 fully saturated rings. The molecular formula is C39H57N5O7. The number of likely N-dealkylation sites (N-methyl/N-ethyl adjacent to an activating group) is 1. The third kappa shape index (κ3) is 10.4. The van der Waals surface area contributed by atoms with E-state index in [4.69, 9.17) is 19.9 Å². The smallest absolute Gasteiger partial charge is 0.410 e. The molecule has 4 rings (SSSR count). The number of nitrogens with zero attached hydrogens (tertiary/aromatic N) is 2. The Labute approximate surface area is 302 Å². The molecular weight excluding hydrogens is 650 g/mol. The van der Waals surface area contributed by atoms with Crippen LogP contribution in [0.1, 0.15) is 89.6 Å². The quantitative estimate of drug-likeness (QED) is 0.277. The minimum absolute atomic E-state index is 0.143. The van der Waals surface area contributed by atoms with E-state index in [1.807, 2.05) is 51.1 Å². The maximum absolute atomic E-state index is 14.7. The van der Waals surface area contributed by atoms with Crippen LogP contribution in [0.15, 0.2) is 42.5 Å². The topological polar surface area (TPSA) is 153 Å². The lowest BCUT2D eigenvalue weighted by Gasteiger charge is -2.42. The summed E-state index contributed by atoms with van der Waals surface area (Å²) < 4.78 is 16.8. The number of amides is 4. The highest BCUT2D eigenvalue weighted by atomic mass is 16.6. The van der Waals surface area contributed by atoms with E-state index < -0.39 is 41.1 Å². The Kier molecular flexibility index (Phi) is 13.1. The molecule has 2 aliphatic rings. The summed E-state index contributed by atoms with van der Waals surface area (Å²) >= 11 is 0. The van der Waals surface area contributed by atoms with Crippen LogP contribution in [0.3, 0.4) is 0 Å². The van der Waals surface area contributed by atoms with Crippen LogP contribution in [0.4, 0.5) is 4.79 Å². The zero-order valence-electron chi connectivity index (χ0n) is 31.5. The Morgan fingerprint density at radius 1 is 0.980 bits per heavy atom. The lowest BCUT2D eigenvalue weighted by Crippen LogP contribution is -2.62. The minimum Gasteiger partial charge on any atom is -0.491 e. The van der Waals surface area contributed by atoms with Crippen molar-refractivity contribution < 1.29 is 33.4 Å². The molecule has 0 aromatic heterocycles. The Morgan fingerprint density at radius 3 is 2.39 bits per heavy atom. The molecule has 2 aromatic carbocycles. The van der Waals surface area contributed by atoms with E-state index in [1.54, 1.807) is 32.6 Å². The average molecular weight is 708 g/mol. The van der Waals surface area contributed by atoms with Gasteiger partial charge in [-0.15, -0.1) is 0 Å². The van der Waals surface area contributed by atoms with Gasteiger partial charge in [0.1, 0.15) is 36.1 Å². The van der Waals surface area contributed by atoms with Crippen molar-refractivity contribution in [1.29, 1.82) is 0 Å². The van der Waals surface area contributed by atoms with Gasteiger partial charge in [0.15, 0.2) is 0 Å². The van der Waals surface area contributed by atoms with Crippen LogP contribution in [0, 0.1) is 5.41 Å². The largest absolute Gasteiger partial charge is 0.491 e. The molecule has 0 bridgehead atoms. The second-order valence-corrected chi connectivity index (χ2v) is 15.6. The number of fused-ring (bicyclic) bond motifs is 2. The van der Waals surface area contributed by atoms with E-state index in [1.165, 1.54) is 17.5 Å². The summed E-state index contributed by atoms with van der Waals surface area (Å²) in [5.41, 5.74) is 8.14. The van der Waals surface area contributed by atoms with E-state index >= 15 is 0 Å². The van der Waals surface area contributed by atoms with Gasteiger partial charge >= 0.3 is 6.09 Å². The number of nitrogens with two attached hydrogens (primary N) is 1. The standard InChI is InChI=1S/C39H57N5O7/c1-25(43(8)37(48)51-39(5,6)7)34(45)42-33(38(2,3)4)36(47)44-24-28-22-29(50-21-20-49-19-18-40)17-16-27(28)23-32(44)35(46)41-31-15-11-13-26-12-9-10-14-30(26)31/h9-10,12,14,16-17,22,25,31-33H,11,13,15,18-21,23-24,40H2,1-8H3,(H,41,46)(H,42,45)/t25?,31-,32+,33?/m1/s1. The molecule has 51 heavy (non-hydrogen) atoms. The molecule has 1 heterocycles. The average Bonchev–Trinajstić information content (AvgIpc) is 3.07. The van der Waals surface area contributed by atoms with Gasteiger partial charge in [0.05, 0.1) is 19.3 Å². The maximum atomic E-state index is 14.7. The normalized spacial score (nSPS) is 18.4. The van der Waals surface area contributed by atoms with Gasteiger partial charge in [0, 0.05) is 26.6 Å². The highest BCUT2D eigenvalue weighted by molar-refractivity contribution is 5.94. The lowest BCUT2D eigenvalue weighted by molar-refractivity contribution is -0.147. The van der Waals surface area contributed by atoms with Crippen molar-refractivity contribution in [3.63, 3.8) is 0 Å². The molecule has 12 nitrogen and oxygen atoms in total. The first kappa shape index (κ1) is 39.6. The molecule has 0 saturated carbocycles. The zero-order chi connectivity index (χ0) is 37.5. The third-order valence-electron chi connectivity index (χ3n) is 9.38. The Morgan fingerprint density at radius 2 is 1.71 bits per heavy atom. The molecule has 4 atom stereocenters. The zero-order valence-corrected chi connectivity index (χ0v) is 31.5. The number of nitrogens with one attached hydrogen (secondary N) is 2. The predicted octanol–water partition coefficient (Wildman–Crippen LogP) is 4.27. The van der Waals surface area contributed by atoms with Gasteiger partial charge < -0.3 is 35.5 Å². The molecule has 0 spiro atoms. The van der Waals surface area contributed by atoms with Crippen LogP contribution in [0.25, 0.3) is 0 Å². The first-order chi connectivity index (χ1) is 24.0. The van der Waals surface area contributed by atoms with Crippen molar-refractivity contribution >= 4 is 23.8 Å². The predicted molar refractivity (Wildman–Crippen MR) is 195 cm³/mol. The third-order valence-corrected chi connectivity index (χ3v) is 9.38. The summed E-state index contributed by atoms with van der Waals surface area (Å²) in [4.78, 5) is 58.2. The van der Waals surface area contributed by atoms with Gasteiger partial charge in [-0.3, -0.25) is 19.3 Å². The fraction of sp³-hybridized carbons (Fsp3) is 0.590. The van der Waals surface area contributed by atoms with Crippen molar-refractivity contribution in [2.45, 2.75) is 110 Å². The van der Waals surface area contributed by atoms with Gasteiger partial charge in [0.2, 0.25) is 17.7 Å². The number of hydrogen-bond acceptors (Lipinski definition) is 8. The van der Waals surface area contributed by atoms with Crippen molar-refractivity contribution in [3.8, 4) is 5.75 Å². The number of carbonyl (C=O) groups is 4. The van der Waals surface area contributed by atoms with Gasteiger partial charge in [-0.05, 0) is 86.8 Å². The number of benzene rings is 2. The van der Waals surface area contributed by atoms with Crippen molar-refractivity contribution in [3.05, 3.63) is 64.7 Å². The Hall–Kier alpha value is -4.16. The first-order valence-corrected chi connectivity index (χ1v) is 18.0. The second kappa shape index (κ2) is 16.9. The summed E-state index contributed by atoms with van der Waals surface area (Å²) in [6.45, 7) is 14.2.